The van der Waals surface area contributed by atoms with Gasteiger partial charge < -0.3 is 11.1 Å². The SMILES string of the molecule is Cc1nsc(NCCc2ccc(N)cc2)n1. The largest absolute Gasteiger partial charge is 0.399 e. The zero-order chi connectivity index (χ0) is 11.4. The summed E-state index contributed by atoms with van der Waals surface area (Å²) < 4.78 is 4.11. The van der Waals surface area contributed by atoms with Crippen LogP contribution in [0.5, 0.6) is 0 Å². The molecule has 0 unspecified atom stereocenters. The van der Waals surface area contributed by atoms with Crippen molar-refractivity contribution in [3.63, 3.8) is 0 Å². The van der Waals surface area contributed by atoms with Gasteiger partial charge in [0.2, 0.25) is 5.13 Å². The van der Waals surface area contributed by atoms with Crippen LogP contribution in [0.2, 0.25) is 0 Å². The Labute approximate surface area is 98.7 Å². The number of hydrogen-bond donors (Lipinski definition) is 2. The van der Waals surface area contributed by atoms with Crippen molar-refractivity contribution in [1.82, 2.24) is 9.36 Å². The highest BCUT2D eigenvalue weighted by Crippen LogP contribution is 2.11. The summed E-state index contributed by atoms with van der Waals surface area (Å²) in [5, 5.41) is 4.12. The van der Waals surface area contributed by atoms with E-state index in [-0.39, 0.29) is 0 Å². The normalized spacial score (nSPS) is 10.3. The molecule has 0 aliphatic rings. The van der Waals surface area contributed by atoms with E-state index < -0.39 is 0 Å². The zero-order valence-corrected chi connectivity index (χ0v) is 9.92. The van der Waals surface area contributed by atoms with Crippen LogP contribution in [-0.2, 0) is 6.42 Å². The van der Waals surface area contributed by atoms with Gasteiger partial charge in [0.05, 0.1) is 0 Å². The zero-order valence-electron chi connectivity index (χ0n) is 9.10. The molecular formula is C11H14N4S. The number of hydrogen-bond acceptors (Lipinski definition) is 5. The molecule has 0 fully saturated rings. The standard InChI is InChI=1S/C11H14N4S/c1-8-14-11(16-15-8)13-7-6-9-2-4-10(12)5-3-9/h2-5H,6-7,12H2,1H3,(H,13,14,15). The van der Waals surface area contributed by atoms with E-state index in [1.165, 1.54) is 17.1 Å². The highest BCUT2D eigenvalue weighted by molar-refractivity contribution is 7.09. The molecule has 0 aliphatic heterocycles. The van der Waals surface area contributed by atoms with Gasteiger partial charge in [-0.1, -0.05) is 12.1 Å². The van der Waals surface area contributed by atoms with Gasteiger partial charge in [0, 0.05) is 23.8 Å². The number of nitrogens with zero attached hydrogens (tertiary/aromatic N) is 2. The number of nitrogens with two attached hydrogens (primary N) is 1. The van der Waals surface area contributed by atoms with Crippen LogP contribution in [0.4, 0.5) is 10.8 Å². The highest BCUT2D eigenvalue weighted by Gasteiger charge is 1.98. The molecule has 1 aromatic heterocycles. The predicted octanol–water partition coefficient (Wildman–Crippen LogP) is 2.08. The molecule has 1 aromatic carbocycles. The Hall–Kier alpha value is -1.62. The quantitative estimate of drug-likeness (QED) is 0.795. The second-order valence-corrected chi connectivity index (χ2v) is 4.32. The monoisotopic (exact) mass is 234 g/mol. The molecular weight excluding hydrogens is 220 g/mol. The van der Waals surface area contributed by atoms with Crippen molar-refractivity contribution in [2.24, 2.45) is 0 Å². The van der Waals surface area contributed by atoms with Crippen molar-refractivity contribution in [3.8, 4) is 0 Å². The van der Waals surface area contributed by atoms with Gasteiger partial charge in [-0.2, -0.15) is 4.37 Å². The fourth-order valence-corrected chi connectivity index (χ4v) is 1.97. The first-order valence-electron chi connectivity index (χ1n) is 5.12. The van der Waals surface area contributed by atoms with Crippen LogP contribution in [0.25, 0.3) is 0 Å². The molecule has 5 heteroatoms. The van der Waals surface area contributed by atoms with Gasteiger partial charge in [-0.3, -0.25) is 0 Å². The lowest BCUT2D eigenvalue weighted by Gasteiger charge is -2.02. The van der Waals surface area contributed by atoms with Gasteiger partial charge in [-0.25, -0.2) is 4.98 Å². The fourth-order valence-electron chi connectivity index (χ4n) is 1.37. The molecule has 1 heterocycles. The summed E-state index contributed by atoms with van der Waals surface area (Å²) in [6, 6.07) is 7.93. The number of aryl methyl sites for hydroxylation is 1. The van der Waals surface area contributed by atoms with Gasteiger partial charge >= 0.3 is 0 Å². The van der Waals surface area contributed by atoms with Crippen molar-refractivity contribution in [3.05, 3.63) is 35.7 Å². The van der Waals surface area contributed by atoms with Crippen molar-refractivity contribution >= 4 is 22.4 Å². The maximum atomic E-state index is 5.62. The summed E-state index contributed by atoms with van der Waals surface area (Å²) >= 11 is 1.39. The van der Waals surface area contributed by atoms with E-state index in [1.807, 2.05) is 31.2 Å². The molecule has 0 amide bonds. The smallest absolute Gasteiger partial charge is 0.202 e. The first-order valence-corrected chi connectivity index (χ1v) is 5.90. The van der Waals surface area contributed by atoms with E-state index in [1.54, 1.807) is 0 Å². The minimum atomic E-state index is 0.802. The number of anilines is 2. The fraction of sp³-hybridized carbons (Fsp3) is 0.273. The molecule has 16 heavy (non-hydrogen) atoms. The molecule has 0 bridgehead atoms. The lowest BCUT2D eigenvalue weighted by atomic mass is 10.1. The number of aromatic nitrogens is 2. The topological polar surface area (TPSA) is 63.8 Å². The number of benzene rings is 1. The molecule has 0 radical (unpaired) electrons. The predicted molar refractivity (Wildman–Crippen MR) is 67.7 cm³/mol. The van der Waals surface area contributed by atoms with Crippen LogP contribution >= 0.6 is 11.5 Å². The molecule has 0 spiro atoms. The minimum Gasteiger partial charge on any atom is -0.399 e. The molecule has 2 rings (SSSR count). The van der Waals surface area contributed by atoms with Crippen LogP contribution in [0.1, 0.15) is 11.4 Å². The second-order valence-electron chi connectivity index (χ2n) is 3.57. The van der Waals surface area contributed by atoms with Crippen molar-refractivity contribution < 1.29 is 0 Å². The van der Waals surface area contributed by atoms with Crippen molar-refractivity contribution in [1.29, 1.82) is 0 Å². The van der Waals surface area contributed by atoms with Crippen LogP contribution in [0.3, 0.4) is 0 Å². The van der Waals surface area contributed by atoms with Crippen LogP contribution in [-0.4, -0.2) is 15.9 Å². The van der Waals surface area contributed by atoms with Crippen LogP contribution < -0.4 is 11.1 Å². The number of rotatable bonds is 4. The lowest BCUT2D eigenvalue weighted by molar-refractivity contribution is 1.01. The van der Waals surface area contributed by atoms with Gasteiger partial charge in [-0.05, 0) is 31.0 Å². The third-order valence-electron chi connectivity index (χ3n) is 2.20. The highest BCUT2D eigenvalue weighted by atomic mass is 32.1. The van der Waals surface area contributed by atoms with Crippen LogP contribution in [0, 0.1) is 6.92 Å². The second kappa shape index (κ2) is 4.94. The first kappa shape index (κ1) is 10.9. The van der Waals surface area contributed by atoms with Gasteiger partial charge in [0.1, 0.15) is 5.82 Å². The first-order chi connectivity index (χ1) is 7.74. The van der Waals surface area contributed by atoms with E-state index in [9.17, 15) is 0 Å². The van der Waals surface area contributed by atoms with E-state index in [2.05, 4.69) is 14.7 Å². The third kappa shape index (κ3) is 2.93. The summed E-state index contributed by atoms with van der Waals surface area (Å²) in [6.07, 6.45) is 0.957. The lowest BCUT2D eigenvalue weighted by Crippen LogP contribution is -2.04. The summed E-state index contributed by atoms with van der Waals surface area (Å²) in [4.78, 5) is 4.23. The Bertz CT molecular complexity index is 449. The molecule has 84 valence electrons. The van der Waals surface area contributed by atoms with Gasteiger partial charge in [0.25, 0.3) is 0 Å². The maximum Gasteiger partial charge on any atom is 0.202 e. The van der Waals surface area contributed by atoms with Crippen LogP contribution in [0.15, 0.2) is 24.3 Å². The summed E-state index contributed by atoms with van der Waals surface area (Å²) in [5.74, 6) is 0.819. The van der Waals surface area contributed by atoms with Crippen molar-refractivity contribution in [2.75, 3.05) is 17.6 Å². The summed E-state index contributed by atoms with van der Waals surface area (Å²) in [7, 11) is 0. The third-order valence-corrected chi connectivity index (χ3v) is 2.96. The molecule has 3 N–H and O–H groups in total. The average Bonchev–Trinajstić information content (AvgIpc) is 2.67. The van der Waals surface area contributed by atoms with Gasteiger partial charge in [0.15, 0.2) is 0 Å². The Morgan fingerprint density at radius 3 is 2.69 bits per heavy atom. The number of nitrogens with one attached hydrogen (secondary N) is 1. The average molecular weight is 234 g/mol. The summed E-state index contributed by atoms with van der Waals surface area (Å²) in [6.45, 7) is 2.75. The number of nitrogen functional groups attached to an aromatic ring is 1. The van der Waals surface area contributed by atoms with E-state index >= 15 is 0 Å². The molecule has 0 aliphatic carbocycles. The molecule has 0 saturated carbocycles. The Morgan fingerprint density at radius 2 is 2.06 bits per heavy atom. The Balaban J connectivity index is 1.82. The molecule has 0 atom stereocenters. The van der Waals surface area contributed by atoms with Crippen molar-refractivity contribution in [2.45, 2.75) is 13.3 Å². The minimum absolute atomic E-state index is 0.802. The van der Waals surface area contributed by atoms with E-state index in [4.69, 9.17) is 5.73 Å². The Morgan fingerprint density at radius 1 is 1.31 bits per heavy atom. The van der Waals surface area contributed by atoms with E-state index in [0.717, 1.165) is 29.6 Å². The maximum absolute atomic E-state index is 5.62. The molecule has 2 aromatic rings. The summed E-state index contributed by atoms with van der Waals surface area (Å²) in [5.41, 5.74) is 7.69. The molecule has 0 saturated heterocycles. The van der Waals surface area contributed by atoms with E-state index in [0.29, 0.717) is 0 Å². The van der Waals surface area contributed by atoms with Gasteiger partial charge in [-0.15, -0.1) is 0 Å². The molecule has 4 nitrogen and oxygen atoms in total. The Kier molecular flexibility index (Phi) is 3.36.